The van der Waals surface area contributed by atoms with Gasteiger partial charge in [0.05, 0.1) is 13.2 Å². The molecule has 0 spiro atoms. The van der Waals surface area contributed by atoms with Gasteiger partial charge < -0.3 is 9.90 Å². The van der Waals surface area contributed by atoms with Gasteiger partial charge in [-0.05, 0) is 24.9 Å². The molecule has 0 bridgehead atoms. The summed E-state index contributed by atoms with van der Waals surface area (Å²) >= 11 is 0. The van der Waals surface area contributed by atoms with Crippen LogP contribution in [0.3, 0.4) is 0 Å². The van der Waals surface area contributed by atoms with Crippen LogP contribution < -0.4 is 0 Å². The van der Waals surface area contributed by atoms with Crippen LogP contribution in [0, 0.1) is 0 Å². The lowest BCUT2D eigenvalue weighted by molar-refractivity contribution is -0.109. The van der Waals surface area contributed by atoms with E-state index in [0.717, 1.165) is 51.6 Å². The summed E-state index contributed by atoms with van der Waals surface area (Å²) < 4.78 is 0. The van der Waals surface area contributed by atoms with E-state index < -0.39 is 0 Å². The molecule has 1 aromatic carbocycles. The van der Waals surface area contributed by atoms with Crippen LogP contribution in [-0.4, -0.2) is 72.9 Å². The molecule has 1 saturated heterocycles. The number of aliphatic hydroxyl groups excluding tert-OH is 1. The Hall–Kier alpha value is -1.56. The number of hydrogen-bond donors (Lipinski definition) is 1. The summed E-state index contributed by atoms with van der Waals surface area (Å²) in [5.41, 5.74) is 1.93. The van der Waals surface area contributed by atoms with Gasteiger partial charge in [-0.1, -0.05) is 24.3 Å². The van der Waals surface area contributed by atoms with E-state index in [0.29, 0.717) is 12.1 Å². The van der Waals surface area contributed by atoms with Crippen molar-refractivity contribution in [3.8, 4) is 0 Å². The molecule has 22 heavy (non-hydrogen) atoms. The third-order valence-corrected chi connectivity index (χ3v) is 4.26. The largest absolute Gasteiger partial charge is 0.395 e. The molecule has 1 fully saturated rings. The number of aryl methyl sites for hydroxylation is 1. The van der Waals surface area contributed by atoms with Crippen LogP contribution in [0.4, 0.5) is 0 Å². The van der Waals surface area contributed by atoms with Crippen LogP contribution in [0.2, 0.25) is 0 Å². The van der Waals surface area contributed by atoms with Gasteiger partial charge in [0, 0.05) is 31.2 Å². The molecule has 5 heteroatoms. The fourth-order valence-corrected chi connectivity index (χ4v) is 2.95. The van der Waals surface area contributed by atoms with Gasteiger partial charge in [-0.2, -0.15) is 0 Å². The van der Waals surface area contributed by atoms with E-state index in [4.69, 9.17) is 0 Å². The number of aldehydes is 2. The minimum atomic E-state index is 0.117. The maximum atomic E-state index is 10.6. The number of carbonyl (C=O) groups excluding carboxylic acids is 2. The highest BCUT2D eigenvalue weighted by Crippen LogP contribution is 2.12. The molecule has 0 radical (unpaired) electrons. The maximum absolute atomic E-state index is 10.6. The number of hydrogen-bond acceptors (Lipinski definition) is 5. The number of rotatable bonds is 8. The molecular weight excluding hydrogens is 280 g/mol. The highest BCUT2D eigenvalue weighted by molar-refractivity contribution is 5.74. The van der Waals surface area contributed by atoms with Gasteiger partial charge in [0.1, 0.15) is 12.6 Å². The third-order valence-electron chi connectivity index (χ3n) is 4.26. The van der Waals surface area contributed by atoms with Crippen molar-refractivity contribution >= 4 is 12.6 Å². The van der Waals surface area contributed by atoms with Crippen molar-refractivity contribution in [3.63, 3.8) is 0 Å². The predicted molar refractivity (Wildman–Crippen MR) is 85.1 cm³/mol. The van der Waals surface area contributed by atoms with E-state index in [1.807, 2.05) is 24.3 Å². The average Bonchev–Trinajstić information content (AvgIpc) is 2.57. The smallest absolute Gasteiger partial charge is 0.150 e. The Labute approximate surface area is 131 Å². The van der Waals surface area contributed by atoms with Gasteiger partial charge in [-0.3, -0.25) is 14.6 Å². The number of benzene rings is 1. The molecule has 1 aliphatic heterocycles. The van der Waals surface area contributed by atoms with Gasteiger partial charge >= 0.3 is 0 Å². The SMILES string of the molecule is O=CCN1CCN(CCCc2ccc(C=O)cc2)[C@@H](CO)C1. The quantitative estimate of drug-likeness (QED) is 0.713. The van der Waals surface area contributed by atoms with E-state index in [9.17, 15) is 14.7 Å². The normalized spacial score (nSPS) is 20.0. The van der Waals surface area contributed by atoms with Crippen LogP contribution in [0.5, 0.6) is 0 Å². The lowest BCUT2D eigenvalue weighted by atomic mass is 10.1. The lowest BCUT2D eigenvalue weighted by Crippen LogP contribution is -2.55. The fraction of sp³-hybridized carbons (Fsp3) is 0.529. The van der Waals surface area contributed by atoms with Crippen molar-refractivity contribution in [1.29, 1.82) is 0 Å². The number of aliphatic hydroxyl groups is 1. The van der Waals surface area contributed by atoms with Gasteiger partial charge in [0.15, 0.2) is 0 Å². The molecule has 0 aliphatic carbocycles. The summed E-state index contributed by atoms with van der Waals surface area (Å²) in [6, 6.07) is 7.80. The average molecular weight is 304 g/mol. The van der Waals surface area contributed by atoms with Crippen LogP contribution in [0.25, 0.3) is 0 Å². The second-order valence-corrected chi connectivity index (χ2v) is 5.76. The van der Waals surface area contributed by atoms with E-state index in [-0.39, 0.29) is 12.6 Å². The number of carbonyl (C=O) groups is 2. The number of nitrogens with zero attached hydrogens (tertiary/aromatic N) is 2. The topological polar surface area (TPSA) is 60.9 Å². The van der Waals surface area contributed by atoms with Gasteiger partial charge in [0.2, 0.25) is 0 Å². The first kappa shape index (κ1) is 16.8. The summed E-state index contributed by atoms with van der Waals surface area (Å²) in [6.07, 6.45) is 3.76. The Bertz CT molecular complexity index is 475. The Morgan fingerprint density at radius 2 is 1.95 bits per heavy atom. The molecule has 1 N–H and O–H groups in total. The van der Waals surface area contributed by atoms with Crippen molar-refractivity contribution in [1.82, 2.24) is 9.80 Å². The fourth-order valence-electron chi connectivity index (χ4n) is 2.95. The van der Waals surface area contributed by atoms with Gasteiger partial charge in [-0.25, -0.2) is 0 Å². The Morgan fingerprint density at radius 3 is 2.59 bits per heavy atom. The molecule has 0 aromatic heterocycles. The highest BCUT2D eigenvalue weighted by Gasteiger charge is 2.25. The Morgan fingerprint density at radius 1 is 1.18 bits per heavy atom. The van der Waals surface area contributed by atoms with Crippen molar-refractivity contribution < 1.29 is 14.7 Å². The minimum absolute atomic E-state index is 0.117. The first-order valence-corrected chi connectivity index (χ1v) is 7.82. The molecule has 1 heterocycles. The van der Waals surface area contributed by atoms with Crippen LogP contribution in [0.15, 0.2) is 24.3 Å². The maximum Gasteiger partial charge on any atom is 0.150 e. The first-order chi connectivity index (χ1) is 10.8. The second-order valence-electron chi connectivity index (χ2n) is 5.76. The van der Waals surface area contributed by atoms with Crippen LogP contribution in [0.1, 0.15) is 22.3 Å². The molecule has 0 saturated carbocycles. The van der Waals surface area contributed by atoms with Crippen LogP contribution >= 0.6 is 0 Å². The Balaban J connectivity index is 1.77. The van der Waals surface area contributed by atoms with Crippen molar-refractivity contribution in [3.05, 3.63) is 35.4 Å². The zero-order chi connectivity index (χ0) is 15.8. The predicted octanol–water partition coefficient (Wildman–Crippen LogP) is 0.609. The molecule has 5 nitrogen and oxygen atoms in total. The summed E-state index contributed by atoms with van der Waals surface area (Å²) in [4.78, 5) is 25.6. The third kappa shape index (κ3) is 4.73. The van der Waals surface area contributed by atoms with Gasteiger partial charge in [-0.15, -0.1) is 0 Å². The Kier molecular flexibility index (Phi) is 6.71. The highest BCUT2D eigenvalue weighted by atomic mass is 16.3. The van der Waals surface area contributed by atoms with E-state index in [1.165, 1.54) is 5.56 Å². The summed E-state index contributed by atoms with van der Waals surface area (Å²) in [7, 11) is 0. The lowest BCUT2D eigenvalue weighted by Gasteiger charge is -2.40. The molecule has 1 aliphatic rings. The minimum Gasteiger partial charge on any atom is -0.395 e. The van der Waals surface area contributed by atoms with Crippen LogP contribution in [-0.2, 0) is 11.2 Å². The monoisotopic (exact) mass is 304 g/mol. The molecule has 0 unspecified atom stereocenters. The van der Waals surface area contributed by atoms with Gasteiger partial charge in [0.25, 0.3) is 0 Å². The second kappa shape index (κ2) is 8.78. The van der Waals surface area contributed by atoms with Crippen molar-refractivity contribution in [2.45, 2.75) is 18.9 Å². The summed E-state index contributed by atoms with van der Waals surface area (Å²) in [6.45, 7) is 4.04. The standard InChI is InChI=1S/C17H24N2O3/c20-11-10-18-8-9-19(17(12-18)14-22)7-1-2-15-3-5-16(13-21)6-4-15/h3-6,11,13,17,22H,1-2,7-10,12,14H2/t17-/m1/s1. The first-order valence-electron chi connectivity index (χ1n) is 7.82. The molecule has 1 aromatic rings. The molecule has 0 amide bonds. The van der Waals surface area contributed by atoms with E-state index in [1.54, 1.807) is 0 Å². The molecule has 120 valence electrons. The zero-order valence-electron chi connectivity index (χ0n) is 12.9. The van der Waals surface area contributed by atoms with Crippen molar-refractivity contribution in [2.24, 2.45) is 0 Å². The zero-order valence-corrected chi connectivity index (χ0v) is 12.9. The number of piperazine rings is 1. The summed E-state index contributed by atoms with van der Waals surface area (Å²) in [5, 5.41) is 9.53. The summed E-state index contributed by atoms with van der Waals surface area (Å²) in [5.74, 6) is 0. The molecule has 2 rings (SSSR count). The van der Waals surface area contributed by atoms with Crippen molar-refractivity contribution in [2.75, 3.05) is 39.3 Å². The molecule has 1 atom stereocenters. The molecular formula is C17H24N2O3. The van der Waals surface area contributed by atoms with E-state index in [2.05, 4.69) is 9.80 Å². The van der Waals surface area contributed by atoms with E-state index >= 15 is 0 Å².